The first-order valence-electron chi connectivity index (χ1n) is 8.16. The molecule has 2 N–H and O–H groups in total. The third kappa shape index (κ3) is 4.80. The zero-order chi connectivity index (χ0) is 15.5. The molecule has 0 aromatic heterocycles. The molecule has 2 rings (SSSR count). The summed E-state index contributed by atoms with van der Waals surface area (Å²) in [6.45, 7) is 14.8. The molecule has 1 aliphatic heterocycles. The van der Waals surface area contributed by atoms with Gasteiger partial charge >= 0.3 is 0 Å². The summed E-state index contributed by atoms with van der Waals surface area (Å²) in [4.78, 5) is 5.12. The van der Waals surface area contributed by atoms with Crippen LogP contribution < -0.4 is 5.73 Å². The van der Waals surface area contributed by atoms with Crippen molar-refractivity contribution in [2.75, 3.05) is 32.7 Å². The lowest BCUT2D eigenvalue weighted by Crippen LogP contribution is -2.53. The topological polar surface area (TPSA) is 32.5 Å². The second-order valence-electron chi connectivity index (χ2n) is 7.31. The SMILES string of the molecule is Cc1ccc(C(N)CCN2CCN(C(C)(C)C)CC2)cc1. The van der Waals surface area contributed by atoms with Crippen LogP contribution in [-0.2, 0) is 0 Å². The first-order chi connectivity index (χ1) is 9.86. The van der Waals surface area contributed by atoms with Gasteiger partial charge in [-0.15, -0.1) is 0 Å². The van der Waals surface area contributed by atoms with E-state index in [1.807, 2.05) is 0 Å². The summed E-state index contributed by atoms with van der Waals surface area (Å²) in [5, 5.41) is 0. The summed E-state index contributed by atoms with van der Waals surface area (Å²) in [5.74, 6) is 0. The molecule has 0 bridgehead atoms. The summed E-state index contributed by atoms with van der Waals surface area (Å²) < 4.78 is 0. The van der Waals surface area contributed by atoms with Gasteiger partial charge in [0.2, 0.25) is 0 Å². The van der Waals surface area contributed by atoms with Crippen molar-refractivity contribution < 1.29 is 0 Å². The molecule has 3 nitrogen and oxygen atoms in total. The number of hydrogen-bond donors (Lipinski definition) is 1. The molecule has 1 atom stereocenters. The highest BCUT2D eigenvalue weighted by atomic mass is 15.3. The molecule has 1 saturated heterocycles. The van der Waals surface area contributed by atoms with Gasteiger partial charge in [-0.05, 0) is 39.7 Å². The summed E-state index contributed by atoms with van der Waals surface area (Å²) in [7, 11) is 0. The Hall–Kier alpha value is -0.900. The van der Waals surface area contributed by atoms with Gasteiger partial charge in [-0.2, -0.15) is 0 Å². The van der Waals surface area contributed by atoms with E-state index in [0.29, 0.717) is 5.54 Å². The molecule has 0 aliphatic carbocycles. The van der Waals surface area contributed by atoms with Gasteiger partial charge < -0.3 is 10.6 Å². The van der Waals surface area contributed by atoms with Gasteiger partial charge in [0.1, 0.15) is 0 Å². The summed E-state index contributed by atoms with van der Waals surface area (Å²) in [6, 6.07) is 8.79. The van der Waals surface area contributed by atoms with Crippen molar-refractivity contribution in [3.05, 3.63) is 35.4 Å². The van der Waals surface area contributed by atoms with E-state index < -0.39 is 0 Å². The number of nitrogens with zero attached hydrogens (tertiary/aromatic N) is 2. The normalized spacial score (nSPS) is 19.7. The molecular formula is C18H31N3. The molecule has 1 unspecified atom stereocenters. The lowest BCUT2D eigenvalue weighted by molar-refractivity contribution is 0.0611. The average Bonchev–Trinajstić information content (AvgIpc) is 2.45. The zero-order valence-corrected chi connectivity index (χ0v) is 14.1. The van der Waals surface area contributed by atoms with Gasteiger partial charge in [-0.3, -0.25) is 4.90 Å². The quantitative estimate of drug-likeness (QED) is 0.925. The molecule has 0 saturated carbocycles. The minimum Gasteiger partial charge on any atom is -0.324 e. The maximum absolute atomic E-state index is 6.32. The van der Waals surface area contributed by atoms with Crippen LogP contribution in [0.4, 0.5) is 0 Å². The minimum absolute atomic E-state index is 0.159. The highest BCUT2D eigenvalue weighted by Crippen LogP contribution is 2.18. The van der Waals surface area contributed by atoms with Crippen LogP contribution in [0.2, 0.25) is 0 Å². The number of piperazine rings is 1. The van der Waals surface area contributed by atoms with Crippen LogP contribution in [0.1, 0.15) is 44.4 Å². The molecule has 118 valence electrons. The highest BCUT2D eigenvalue weighted by molar-refractivity contribution is 5.23. The highest BCUT2D eigenvalue weighted by Gasteiger charge is 2.25. The van der Waals surface area contributed by atoms with E-state index >= 15 is 0 Å². The van der Waals surface area contributed by atoms with E-state index in [0.717, 1.165) is 26.1 Å². The number of rotatable bonds is 4. The molecule has 1 aliphatic rings. The minimum atomic E-state index is 0.159. The van der Waals surface area contributed by atoms with Gasteiger partial charge in [-0.25, -0.2) is 0 Å². The Balaban J connectivity index is 1.76. The molecule has 0 spiro atoms. The predicted octanol–water partition coefficient (Wildman–Crippen LogP) is 2.80. The van der Waals surface area contributed by atoms with E-state index in [4.69, 9.17) is 5.73 Å². The Morgan fingerprint density at radius 3 is 2.14 bits per heavy atom. The van der Waals surface area contributed by atoms with Crippen LogP contribution in [0.15, 0.2) is 24.3 Å². The zero-order valence-electron chi connectivity index (χ0n) is 14.1. The largest absolute Gasteiger partial charge is 0.324 e. The fourth-order valence-corrected chi connectivity index (χ4v) is 2.94. The summed E-state index contributed by atoms with van der Waals surface area (Å²) >= 11 is 0. The Morgan fingerprint density at radius 2 is 1.62 bits per heavy atom. The third-order valence-electron chi connectivity index (χ3n) is 4.58. The Kier molecular flexibility index (Phi) is 5.42. The summed E-state index contributed by atoms with van der Waals surface area (Å²) in [6.07, 6.45) is 1.04. The van der Waals surface area contributed by atoms with Gasteiger partial charge in [0.25, 0.3) is 0 Å². The van der Waals surface area contributed by atoms with Crippen LogP contribution in [0, 0.1) is 6.92 Å². The molecule has 0 amide bonds. The van der Waals surface area contributed by atoms with Crippen LogP contribution in [0.5, 0.6) is 0 Å². The van der Waals surface area contributed by atoms with Crippen LogP contribution in [0.3, 0.4) is 0 Å². The number of benzene rings is 1. The smallest absolute Gasteiger partial charge is 0.0307 e. The van der Waals surface area contributed by atoms with Gasteiger partial charge in [-0.1, -0.05) is 29.8 Å². The molecule has 3 heteroatoms. The molecule has 1 fully saturated rings. The monoisotopic (exact) mass is 289 g/mol. The van der Waals surface area contributed by atoms with E-state index in [-0.39, 0.29) is 6.04 Å². The van der Waals surface area contributed by atoms with Gasteiger partial charge in [0, 0.05) is 44.3 Å². The van der Waals surface area contributed by atoms with Crippen molar-refractivity contribution in [2.45, 2.75) is 45.7 Å². The first kappa shape index (κ1) is 16.5. The van der Waals surface area contributed by atoms with Crippen LogP contribution >= 0.6 is 0 Å². The lowest BCUT2D eigenvalue weighted by Gasteiger charge is -2.42. The number of aryl methyl sites for hydroxylation is 1. The Labute approximate surface area is 130 Å². The summed E-state index contributed by atoms with van der Waals surface area (Å²) in [5.41, 5.74) is 9.17. The molecule has 1 aromatic rings. The van der Waals surface area contributed by atoms with E-state index in [1.54, 1.807) is 0 Å². The van der Waals surface area contributed by atoms with Crippen molar-refractivity contribution in [3.8, 4) is 0 Å². The second-order valence-corrected chi connectivity index (χ2v) is 7.31. The van der Waals surface area contributed by atoms with E-state index in [2.05, 4.69) is 61.8 Å². The molecule has 21 heavy (non-hydrogen) atoms. The van der Waals surface area contributed by atoms with Crippen molar-refractivity contribution in [3.63, 3.8) is 0 Å². The molecule has 1 heterocycles. The maximum atomic E-state index is 6.32. The number of hydrogen-bond acceptors (Lipinski definition) is 3. The maximum Gasteiger partial charge on any atom is 0.0307 e. The van der Waals surface area contributed by atoms with E-state index in [9.17, 15) is 0 Å². The van der Waals surface area contributed by atoms with Crippen LogP contribution in [0.25, 0.3) is 0 Å². The fraction of sp³-hybridized carbons (Fsp3) is 0.667. The van der Waals surface area contributed by atoms with Crippen LogP contribution in [-0.4, -0.2) is 48.1 Å². The van der Waals surface area contributed by atoms with Crippen molar-refractivity contribution in [1.82, 2.24) is 9.80 Å². The Bertz CT molecular complexity index is 425. The molecular weight excluding hydrogens is 258 g/mol. The predicted molar refractivity (Wildman–Crippen MR) is 90.5 cm³/mol. The Morgan fingerprint density at radius 1 is 1.05 bits per heavy atom. The first-order valence-corrected chi connectivity index (χ1v) is 8.16. The third-order valence-corrected chi connectivity index (χ3v) is 4.58. The van der Waals surface area contributed by atoms with Crippen molar-refractivity contribution >= 4 is 0 Å². The standard InChI is InChI=1S/C18H31N3/c1-15-5-7-16(8-6-15)17(19)9-10-20-11-13-21(14-12-20)18(2,3)4/h5-8,17H,9-14,19H2,1-4H3. The second kappa shape index (κ2) is 6.91. The van der Waals surface area contributed by atoms with Crippen molar-refractivity contribution in [1.29, 1.82) is 0 Å². The molecule has 0 radical (unpaired) electrons. The average molecular weight is 289 g/mol. The van der Waals surface area contributed by atoms with Gasteiger partial charge in [0.05, 0.1) is 0 Å². The molecule has 1 aromatic carbocycles. The van der Waals surface area contributed by atoms with Gasteiger partial charge in [0.15, 0.2) is 0 Å². The fourth-order valence-electron chi connectivity index (χ4n) is 2.94. The number of nitrogens with two attached hydrogens (primary N) is 1. The van der Waals surface area contributed by atoms with Crippen molar-refractivity contribution in [2.24, 2.45) is 5.73 Å². The lowest BCUT2D eigenvalue weighted by atomic mass is 10.0. The van der Waals surface area contributed by atoms with E-state index in [1.165, 1.54) is 24.2 Å².